The van der Waals surface area contributed by atoms with Gasteiger partial charge in [-0.1, -0.05) is 0 Å². The molecular weight excluding hydrogens is 249 g/mol. The van der Waals surface area contributed by atoms with Crippen molar-refractivity contribution in [1.82, 2.24) is 10.2 Å². The summed E-state index contributed by atoms with van der Waals surface area (Å²) in [4.78, 5) is 0. The fourth-order valence-electron chi connectivity index (χ4n) is 1.18. The molecule has 0 unspecified atom stereocenters. The van der Waals surface area contributed by atoms with Crippen LogP contribution in [0.25, 0.3) is 11.3 Å². The molecule has 1 aromatic heterocycles. The van der Waals surface area contributed by atoms with Crippen molar-refractivity contribution in [3.63, 3.8) is 0 Å². The molecular formula is C9H7BrFN3. The Hall–Kier alpha value is -1.36. The van der Waals surface area contributed by atoms with Crippen LogP contribution in [0.5, 0.6) is 0 Å². The first-order valence-electron chi connectivity index (χ1n) is 3.93. The first-order valence-corrected chi connectivity index (χ1v) is 4.72. The van der Waals surface area contributed by atoms with Gasteiger partial charge in [0.05, 0.1) is 5.69 Å². The molecule has 0 aliphatic rings. The van der Waals surface area contributed by atoms with E-state index in [9.17, 15) is 4.39 Å². The van der Waals surface area contributed by atoms with E-state index < -0.39 is 0 Å². The molecule has 0 bridgehead atoms. The van der Waals surface area contributed by atoms with E-state index in [1.165, 1.54) is 12.1 Å². The highest BCUT2D eigenvalue weighted by molar-refractivity contribution is 9.10. The monoisotopic (exact) mass is 255 g/mol. The zero-order chi connectivity index (χ0) is 10.1. The van der Waals surface area contributed by atoms with Crippen LogP contribution in [0.3, 0.4) is 0 Å². The van der Waals surface area contributed by atoms with E-state index in [1.807, 2.05) is 0 Å². The van der Waals surface area contributed by atoms with Crippen molar-refractivity contribution in [2.75, 3.05) is 5.73 Å². The van der Waals surface area contributed by atoms with Gasteiger partial charge in [-0.3, -0.25) is 5.10 Å². The number of aromatic amines is 1. The third-order valence-electron chi connectivity index (χ3n) is 1.82. The highest BCUT2D eigenvalue weighted by atomic mass is 79.9. The maximum Gasteiger partial charge on any atom is 0.145 e. The van der Waals surface area contributed by atoms with Crippen LogP contribution in [-0.2, 0) is 0 Å². The Morgan fingerprint density at radius 1 is 1.36 bits per heavy atom. The van der Waals surface area contributed by atoms with Gasteiger partial charge in [0.25, 0.3) is 0 Å². The predicted molar refractivity (Wildman–Crippen MR) is 56.1 cm³/mol. The normalized spacial score (nSPS) is 10.4. The second-order valence-corrected chi connectivity index (χ2v) is 3.68. The van der Waals surface area contributed by atoms with Gasteiger partial charge in [-0.2, -0.15) is 5.10 Å². The SMILES string of the molecule is Nc1cc(-c2ccc(F)cc2Br)[nH]n1. The molecule has 5 heteroatoms. The molecule has 0 spiro atoms. The minimum Gasteiger partial charge on any atom is -0.382 e. The Morgan fingerprint density at radius 3 is 2.71 bits per heavy atom. The number of halogens is 2. The van der Waals surface area contributed by atoms with Gasteiger partial charge < -0.3 is 5.73 Å². The molecule has 72 valence electrons. The Balaban J connectivity index is 2.52. The van der Waals surface area contributed by atoms with Crippen LogP contribution in [0.15, 0.2) is 28.7 Å². The number of nitrogens with zero attached hydrogens (tertiary/aromatic N) is 1. The first kappa shape index (κ1) is 9.21. The maximum atomic E-state index is 12.8. The number of nitrogen functional groups attached to an aromatic ring is 1. The fraction of sp³-hybridized carbons (Fsp3) is 0. The summed E-state index contributed by atoms with van der Waals surface area (Å²) in [5.41, 5.74) is 7.05. The van der Waals surface area contributed by atoms with Crippen LogP contribution in [0.1, 0.15) is 0 Å². The number of H-pyrrole nitrogens is 1. The summed E-state index contributed by atoms with van der Waals surface area (Å²) in [6.45, 7) is 0. The molecule has 0 fully saturated rings. The number of rotatable bonds is 1. The summed E-state index contributed by atoms with van der Waals surface area (Å²) in [5.74, 6) is 0.129. The average molecular weight is 256 g/mol. The van der Waals surface area contributed by atoms with Gasteiger partial charge in [0.1, 0.15) is 11.6 Å². The van der Waals surface area contributed by atoms with Crippen LogP contribution in [0, 0.1) is 5.82 Å². The largest absolute Gasteiger partial charge is 0.382 e. The number of aromatic nitrogens is 2. The van der Waals surface area contributed by atoms with Crippen molar-refractivity contribution >= 4 is 21.7 Å². The van der Waals surface area contributed by atoms with Crippen LogP contribution in [0.2, 0.25) is 0 Å². The van der Waals surface area contributed by atoms with Gasteiger partial charge in [-0.25, -0.2) is 4.39 Å². The van der Waals surface area contributed by atoms with Crippen molar-refractivity contribution in [3.8, 4) is 11.3 Å². The fourth-order valence-corrected chi connectivity index (χ4v) is 1.75. The Bertz CT molecular complexity index is 467. The molecule has 14 heavy (non-hydrogen) atoms. The van der Waals surface area contributed by atoms with Crippen LogP contribution >= 0.6 is 15.9 Å². The quantitative estimate of drug-likeness (QED) is 0.823. The summed E-state index contributed by atoms with van der Waals surface area (Å²) >= 11 is 3.26. The standard InChI is InChI=1S/C9H7BrFN3/c10-7-3-5(11)1-2-6(7)8-4-9(12)14-13-8/h1-4H,(H3,12,13,14). The smallest absolute Gasteiger partial charge is 0.145 e. The van der Waals surface area contributed by atoms with E-state index in [-0.39, 0.29) is 5.82 Å². The highest BCUT2D eigenvalue weighted by Gasteiger charge is 2.06. The minimum atomic E-state index is -0.284. The summed E-state index contributed by atoms with van der Waals surface area (Å²) < 4.78 is 13.5. The minimum absolute atomic E-state index is 0.284. The highest BCUT2D eigenvalue weighted by Crippen LogP contribution is 2.27. The summed E-state index contributed by atoms with van der Waals surface area (Å²) in [5, 5.41) is 6.55. The number of nitrogens with two attached hydrogens (primary N) is 1. The summed E-state index contributed by atoms with van der Waals surface area (Å²) in [6.07, 6.45) is 0. The molecule has 1 aromatic carbocycles. The van der Waals surface area contributed by atoms with Crippen LogP contribution in [-0.4, -0.2) is 10.2 Å². The summed E-state index contributed by atoms with van der Waals surface area (Å²) in [6, 6.07) is 6.13. The van der Waals surface area contributed by atoms with Gasteiger partial charge >= 0.3 is 0 Å². The molecule has 0 amide bonds. The molecule has 1 heterocycles. The molecule has 0 aliphatic heterocycles. The molecule has 0 atom stereocenters. The van der Waals surface area contributed by atoms with Crippen molar-refractivity contribution in [1.29, 1.82) is 0 Å². The Kier molecular flexibility index (Phi) is 2.25. The topological polar surface area (TPSA) is 54.7 Å². The van der Waals surface area contributed by atoms with Crippen molar-refractivity contribution < 1.29 is 4.39 Å². The van der Waals surface area contributed by atoms with Crippen LogP contribution in [0.4, 0.5) is 10.2 Å². The van der Waals surface area contributed by atoms with Crippen LogP contribution < -0.4 is 5.73 Å². The Labute approximate surface area is 88.3 Å². The third kappa shape index (κ3) is 1.63. The van der Waals surface area contributed by atoms with E-state index in [1.54, 1.807) is 12.1 Å². The second-order valence-electron chi connectivity index (χ2n) is 2.83. The number of benzene rings is 1. The lowest BCUT2D eigenvalue weighted by molar-refractivity contribution is 0.627. The maximum absolute atomic E-state index is 12.8. The number of anilines is 1. The number of nitrogens with one attached hydrogen (secondary N) is 1. The second kappa shape index (κ2) is 3.42. The van der Waals surface area contributed by atoms with Gasteiger partial charge in [-0.15, -0.1) is 0 Å². The molecule has 0 saturated carbocycles. The molecule has 3 nitrogen and oxygen atoms in total. The zero-order valence-corrected chi connectivity index (χ0v) is 8.68. The van der Waals surface area contributed by atoms with Crippen molar-refractivity contribution in [2.45, 2.75) is 0 Å². The van der Waals surface area contributed by atoms with Gasteiger partial charge in [-0.05, 0) is 34.1 Å². The molecule has 0 saturated heterocycles. The molecule has 0 aliphatic carbocycles. The lowest BCUT2D eigenvalue weighted by Crippen LogP contribution is -1.82. The molecule has 0 radical (unpaired) electrons. The average Bonchev–Trinajstić information content (AvgIpc) is 2.51. The van der Waals surface area contributed by atoms with Crippen molar-refractivity contribution in [2.24, 2.45) is 0 Å². The van der Waals surface area contributed by atoms with E-state index >= 15 is 0 Å². The zero-order valence-electron chi connectivity index (χ0n) is 7.09. The van der Waals surface area contributed by atoms with Gasteiger partial charge in [0.15, 0.2) is 0 Å². The van der Waals surface area contributed by atoms with E-state index in [0.29, 0.717) is 10.3 Å². The predicted octanol–water partition coefficient (Wildman–Crippen LogP) is 2.56. The van der Waals surface area contributed by atoms with E-state index in [0.717, 1.165) is 11.3 Å². The lowest BCUT2D eigenvalue weighted by Gasteiger charge is -2.00. The number of hydrogen-bond acceptors (Lipinski definition) is 2. The summed E-state index contributed by atoms with van der Waals surface area (Å²) in [7, 11) is 0. The molecule has 2 aromatic rings. The molecule has 3 N–H and O–H groups in total. The van der Waals surface area contributed by atoms with Gasteiger partial charge in [0, 0.05) is 16.1 Å². The lowest BCUT2D eigenvalue weighted by atomic mass is 10.1. The van der Waals surface area contributed by atoms with Gasteiger partial charge in [0.2, 0.25) is 0 Å². The Morgan fingerprint density at radius 2 is 2.14 bits per heavy atom. The van der Waals surface area contributed by atoms with E-state index in [2.05, 4.69) is 26.1 Å². The number of hydrogen-bond donors (Lipinski definition) is 2. The van der Waals surface area contributed by atoms with E-state index in [4.69, 9.17) is 5.73 Å². The van der Waals surface area contributed by atoms with Crippen molar-refractivity contribution in [3.05, 3.63) is 34.6 Å². The first-order chi connectivity index (χ1) is 6.66. The third-order valence-corrected chi connectivity index (χ3v) is 2.48. The molecule has 2 rings (SSSR count).